The number of aromatic nitrogens is 1. The summed E-state index contributed by atoms with van der Waals surface area (Å²) >= 11 is 11.8. The molecule has 0 radical (unpaired) electrons. The molecule has 0 aliphatic carbocycles. The minimum absolute atomic E-state index is 0.0733. The van der Waals surface area contributed by atoms with E-state index in [0.717, 1.165) is 4.90 Å². The van der Waals surface area contributed by atoms with E-state index in [-0.39, 0.29) is 21.8 Å². The van der Waals surface area contributed by atoms with Crippen molar-refractivity contribution in [3.8, 4) is 0 Å². The zero-order valence-corrected chi connectivity index (χ0v) is 19.4. The standard InChI is InChI=1S/C23H19Cl2FN4O5/c24-13-3-1-11(2-4-13)20(21(33)28-14(9-31)10-32)30-22(34)17(29-23(30)35)7-12-8-27-19-15(12)5-6-16(25)18(19)26/h1-8,14,20,27,31-32H,9-10H2,(H,28,33)(H,29,35). The van der Waals surface area contributed by atoms with Crippen LogP contribution in [-0.4, -0.2) is 57.2 Å². The number of imide groups is 1. The zero-order chi connectivity index (χ0) is 25.3. The molecule has 0 bridgehead atoms. The largest absolute Gasteiger partial charge is 0.394 e. The third-order valence-electron chi connectivity index (χ3n) is 5.47. The summed E-state index contributed by atoms with van der Waals surface area (Å²) in [5.41, 5.74) is 0.679. The Kier molecular flexibility index (Phi) is 7.08. The van der Waals surface area contributed by atoms with Crippen molar-refractivity contribution in [2.75, 3.05) is 13.2 Å². The van der Waals surface area contributed by atoms with Gasteiger partial charge in [-0.1, -0.05) is 41.4 Å². The molecule has 1 unspecified atom stereocenters. The molecule has 0 saturated carbocycles. The van der Waals surface area contributed by atoms with Crippen LogP contribution in [0.2, 0.25) is 10.0 Å². The van der Waals surface area contributed by atoms with Gasteiger partial charge >= 0.3 is 6.03 Å². The van der Waals surface area contributed by atoms with E-state index in [1.165, 1.54) is 42.6 Å². The van der Waals surface area contributed by atoms with Gasteiger partial charge in [-0.05, 0) is 29.8 Å². The predicted octanol–water partition coefficient (Wildman–Crippen LogP) is 2.72. The first-order chi connectivity index (χ1) is 16.7. The van der Waals surface area contributed by atoms with Crippen molar-refractivity contribution in [2.45, 2.75) is 12.1 Å². The van der Waals surface area contributed by atoms with E-state index in [1.54, 1.807) is 6.07 Å². The summed E-state index contributed by atoms with van der Waals surface area (Å²) in [4.78, 5) is 42.7. The van der Waals surface area contributed by atoms with Gasteiger partial charge in [-0.15, -0.1) is 0 Å². The Labute approximate surface area is 208 Å². The van der Waals surface area contributed by atoms with E-state index in [1.807, 2.05) is 0 Å². The van der Waals surface area contributed by atoms with Gasteiger partial charge in [0, 0.05) is 22.2 Å². The number of halogens is 3. The van der Waals surface area contributed by atoms with Crippen LogP contribution in [0.15, 0.2) is 48.3 Å². The highest BCUT2D eigenvalue weighted by atomic mass is 35.5. The molecule has 1 saturated heterocycles. The van der Waals surface area contributed by atoms with Crippen LogP contribution < -0.4 is 10.6 Å². The monoisotopic (exact) mass is 520 g/mol. The highest BCUT2D eigenvalue weighted by Crippen LogP contribution is 2.31. The smallest absolute Gasteiger partial charge is 0.330 e. The van der Waals surface area contributed by atoms with Gasteiger partial charge in [0.1, 0.15) is 11.7 Å². The van der Waals surface area contributed by atoms with E-state index in [4.69, 9.17) is 23.2 Å². The van der Waals surface area contributed by atoms with E-state index < -0.39 is 49.0 Å². The fraction of sp³-hybridized carbons (Fsp3) is 0.174. The number of nitrogens with one attached hydrogen (secondary N) is 3. The molecule has 0 spiro atoms. The molecule has 1 aliphatic heterocycles. The molecule has 182 valence electrons. The number of hydrogen-bond acceptors (Lipinski definition) is 5. The minimum Gasteiger partial charge on any atom is -0.394 e. The molecule has 12 heteroatoms. The first-order valence-electron chi connectivity index (χ1n) is 10.3. The lowest BCUT2D eigenvalue weighted by Crippen LogP contribution is -2.48. The number of carbonyl (C=O) groups is 3. The van der Waals surface area contributed by atoms with Crippen LogP contribution in [-0.2, 0) is 9.59 Å². The van der Waals surface area contributed by atoms with Gasteiger partial charge in [-0.25, -0.2) is 14.1 Å². The summed E-state index contributed by atoms with van der Waals surface area (Å²) in [5.74, 6) is -2.26. The van der Waals surface area contributed by atoms with Gasteiger partial charge in [0.05, 0.1) is 29.8 Å². The van der Waals surface area contributed by atoms with Gasteiger partial charge in [0.25, 0.3) is 5.91 Å². The van der Waals surface area contributed by atoms with Gasteiger partial charge in [-0.3, -0.25) is 9.59 Å². The second-order valence-electron chi connectivity index (χ2n) is 7.72. The fourth-order valence-corrected chi connectivity index (χ4v) is 3.99. The number of nitrogens with zero attached hydrogens (tertiary/aromatic N) is 1. The second kappa shape index (κ2) is 10.0. The van der Waals surface area contributed by atoms with Crippen molar-refractivity contribution in [3.63, 3.8) is 0 Å². The maximum atomic E-state index is 14.3. The first-order valence-corrected chi connectivity index (χ1v) is 11.1. The number of benzene rings is 2. The van der Waals surface area contributed by atoms with Crippen LogP contribution in [0, 0.1) is 5.82 Å². The molecule has 5 N–H and O–H groups in total. The third kappa shape index (κ3) is 4.73. The van der Waals surface area contributed by atoms with E-state index in [9.17, 15) is 29.0 Å². The SMILES string of the molecule is O=C(NC(CO)CO)C(c1ccc(Cl)cc1)N1C(=O)NC(=Cc2c[nH]c3c(F)c(Cl)ccc23)C1=O. The average molecular weight is 521 g/mol. The molecule has 2 aromatic carbocycles. The summed E-state index contributed by atoms with van der Waals surface area (Å²) in [6.45, 7) is -1.11. The third-order valence-corrected chi connectivity index (χ3v) is 6.01. The molecule has 4 amide bonds. The lowest BCUT2D eigenvalue weighted by atomic mass is 10.0. The quantitative estimate of drug-likeness (QED) is 0.241. The van der Waals surface area contributed by atoms with Crippen LogP contribution in [0.3, 0.4) is 0 Å². The molecule has 9 nitrogen and oxygen atoms in total. The molecular weight excluding hydrogens is 502 g/mol. The maximum Gasteiger partial charge on any atom is 0.330 e. The molecule has 1 aliphatic rings. The second-order valence-corrected chi connectivity index (χ2v) is 8.56. The van der Waals surface area contributed by atoms with Gasteiger partial charge in [-0.2, -0.15) is 0 Å². The van der Waals surface area contributed by atoms with Crippen molar-refractivity contribution in [1.29, 1.82) is 0 Å². The molecular formula is C23H19Cl2FN4O5. The molecule has 2 heterocycles. The zero-order valence-electron chi connectivity index (χ0n) is 17.9. The van der Waals surface area contributed by atoms with E-state index >= 15 is 0 Å². The summed E-state index contributed by atoms with van der Waals surface area (Å²) in [6, 6.07) is 5.59. The van der Waals surface area contributed by atoms with Crippen molar-refractivity contribution >= 4 is 58.0 Å². The summed E-state index contributed by atoms with van der Waals surface area (Å²) in [6.07, 6.45) is 2.81. The van der Waals surface area contributed by atoms with Crippen molar-refractivity contribution in [3.05, 3.63) is 75.3 Å². The van der Waals surface area contributed by atoms with Crippen molar-refractivity contribution in [2.24, 2.45) is 0 Å². The number of H-pyrrole nitrogens is 1. The number of aromatic amines is 1. The first kappa shape index (κ1) is 24.7. The number of aliphatic hydroxyl groups excluding tert-OH is 2. The number of amides is 4. The summed E-state index contributed by atoms with van der Waals surface area (Å²) in [7, 11) is 0. The number of hydrogen-bond donors (Lipinski definition) is 5. The Hall–Kier alpha value is -3.44. The van der Waals surface area contributed by atoms with E-state index in [2.05, 4.69) is 15.6 Å². The van der Waals surface area contributed by atoms with Gasteiger partial charge in [0.2, 0.25) is 5.91 Å². The number of rotatable bonds is 7. The van der Waals surface area contributed by atoms with Gasteiger partial charge in [0.15, 0.2) is 5.82 Å². The molecule has 1 atom stereocenters. The highest BCUT2D eigenvalue weighted by molar-refractivity contribution is 6.31. The molecule has 1 aromatic heterocycles. The number of aliphatic hydroxyl groups is 2. The highest BCUT2D eigenvalue weighted by Gasteiger charge is 2.43. The summed E-state index contributed by atoms with van der Waals surface area (Å²) < 4.78 is 14.3. The Bertz CT molecular complexity index is 1340. The molecule has 3 aromatic rings. The van der Waals surface area contributed by atoms with Gasteiger partial charge < -0.3 is 25.8 Å². The van der Waals surface area contributed by atoms with Crippen LogP contribution >= 0.6 is 23.2 Å². The van der Waals surface area contributed by atoms with Crippen molar-refractivity contribution < 1.29 is 29.0 Å². The number of fused-ring (bicyclic) bond motifs is 1. The Morgan fingerprint density at radius 1 is 1.11 bits per heavy atom. The number of carbonyl (C=O) groups excluding carboxylic acids is 3. The van der Waals surface area contributed by atoms with Crippen LogP contribution in [0.25, 0.3) is 17.0 Å². The Morgan fingerprint density at radius 2 is 1.80 bits per heavy atom. The lowest BCUT2D eigenvalue weighted by Gasteiger charge is -2.26. The van der Waals surface area contributed by atoms with Crippen LogP contribution in [0.4, 0.5) is 9.18 Å². The predicted molar refractivity (Wildman–Crippen MR) is 127 cm³/mol. The summed E-state index contributed by atoms with van der Waals surface area (Å²) in [5, 5.41) is 24.3. The van der Waals surface area contributed by atoms with Crippen LogP contribution in [0.1, 0.15) is 17.2 Å². The minimum atomic E-state index is -1.43. The normalized spacial score (nSPS) is 15.8. The Balaban J connectivity index is 1.72. The fourth-order valence-electron chi connectivity index (χ4n) is 3.71. The van der Waals surface area contributed by atoms with Crippen LogP contribution in [0.5, 0.6) is 0 Å². The molecule has 4 rings (SSSR count). The van der Waals surface area contributed by atoms with E-state index in [0.29, 0.717) is 16.0 Å². The molecule has 35 heavy (non-hydrogen) atoms. The average Bonchev–Trinajstić information content (AvgIpc) is 3.37. The van der Waals surface area contributed by atoms with Crippen molar-refractivity contribution in [1.82, 2.24) is 20.5 Å². The topological polar surface area (TPSA) is 135 Å². The molecule has 1 fully saturated rings. The lowest BCUT2D eigenvalue weighted by molar-refractivity contribution is -0.134. The maximum absolute atomic E-state index is 14.3. The number of urea groups is 1. The Morgan fingerprint density at radius 3 is 2.46 bits per heavy atom.